The molecule has 0 atom stereocenters. The molecule has 2 heteroatoms. The molecule has 2 nitrogen and oxygen atoms in total. The second kappa shape index (κ2) is 5.68. The van der Waals surface area contributed by atoms with Crippen LogP contribution in [-0.4, -0.2) is 11.1 Å². The summed E-state index contributed by atoms with van der Waals surface area (Å²) in [6, 6.07) is 0. The van der Waals surface area contributed by atoms with Crippen molar-refractivity contribution in [3.63, 3.8) is 0 Å². The zero-order chi connectivity index (χ0) is 7.82. The highest BCUT2D eigenvalue weighted by atomic mass is 16.4. The molecule has 0 aliphatic rings. The summed E-state index contributed by atoms with van der Waals surface area (Å²) in [6.45, 7) is 1.95. The Kier molecular flexibility index (Phi) is 4.86. The van der Waals surface area contributed by atoms with E-state index in [-0.39, 0.29) is 0 Å². The molecule has 0 aromatic carbocycles. The minimum Gasteiger partial charge on any atom is -0.478 e. The van der Waals surface area contributed by atoms with Crippen LogP contribution in [0.4, 0.5) is 0 Å². The molecule has 1 N–H and O–H groups in total. The third-order valence-corrected chi connectivity index (χ3v) is 0.646. The summed E-state index contributed by atoms with van der Waals surface area (Å²) in [6.07, 6.45) is 3.49. The van der Waals surface area contributed by atoms with Crippen molar-refractivity contribution in [3.8, 4) is 0 Å². The van der Waals surface area contributed by atoms with E-state index in [1.165, 1.54) is 0 Å². The first-order valence-corrected chi connectivity index (χ1v) is 2.91. The van der Waals surface area contributed by atoms with Crippen molar-refractivity contribution in [1.82, 2.24) is 0 Å². The van der Waals surface area contributed by atoms with Crippen molar-refractivity contribution < 1.29 is 9.90 Å². The zero-order valence-corrected chi connectivity index (χ0v) is 5.72. The van der Waals surface area contributed by atoms with Gasteiger partial charge in [0, 0.05) is 0 Å². The van der Waals surface area contributed by atoms with Gasteiger partial charge in [0.1, 0.15) is 0 Å². The molecule has 52 valence electrons. The SMILES string of the molecule is CCC=C=C=C=CC(=O)O. The smallest absolute Gasteiger partial charge is 0.336 e. The van der Waals surface area contributed by atoms with Gasteiger partial charge in [0.2, 0.25) is 0 Å². The fraction of sp³-hybridized carbons (Fsp3) is 0.250. The molecule has 0 aromatic rings. The first kappa shape index (κ1) is 8.55. The number of carbonyl (C=O) groups is 1. The van der Waals surface area contributed by atoms with Crippen LogP contribution in [0.15, 0.2) is 29.3 Å². The van der Waals surface area contributed by atoms with E-state index in [1.54, 1.807) is 6.08 Å². The Morgan fingerprint density at radius 2 is 2.30 bits per heavy atom. The van der Waals surface area contributed by atoms with Gasteiger partial charge in [-0.1, -0.05) is 18.4 Å². The minimum atomic E-state index is -1.02. The summed E-state index contributed by atoms with van der Waals surface area (Å²) < 4.78 is 0. The predicted molar refractivity (Wildman–Crippen MR) is 37.6 cm³/mol. The monoisotopic (exact) mass is 136 g/mol. The van der Waals surface area contributed by atoms with Crippen LogP contribution in [0, 0.1) is 0 Å². The molecule has 0 amide bonds. The maximum absolute atomic E-state index is 9.84. The molecule has 0 saturated carbocycles. The molecule has 0 rings (SSSR count). The Morgan fingerprint density at radius 3 is 2.80 bits per heavy atom. The van der Waals surface area contributed by atoms with Crippen molar-refractivity contribution in [2.45, 2.75) is 13.3 Å². The minimum absolute atomic E-state index is 0.863. The molecule has 0 saturated heterocycles. The van der Waals surface area contributed by atoms with Crippen molar-refractivity contribution in [2.75, 3.05) is 0 Å². The molecule has 10 heavy (non-hydrogen) atoms. The summed E-state index contributed by atoms with van der Waals surface area (Å²) in [5.41, 5.74) is 7.34. The lowest BCUT2D eigenvalue weighted by Crippen LogP contribution is -1.82. The number of carboxylic acids is 1. The van der Waals surface area contributed by atoms with Crippen LogP contribution in [0.5, 0.6) is 0 Å². The highest BCUT2D eigenvalue weighted by Gasteiger charge is 1.77. The van der Waals surface area contributed by atoms with Crippen LogP contribution in [0.3, 0.4) is 0 Å². The molecule has 0 fully saturated rings. The first-order chi connectivity index (χ1) is 4.77. The van der Waals surface area contributed by atoms with E-state index in [9.17, 15) is 4.79 Å². The Labute approximate surface area is 59.5 Å². The zero-order valence-electron chi connectivity index (χ0n) is 5.72. The fourth-order valence-electron chi connectivity index (χ4n) is 0.293. The molecule has 0 aliphatic heterocycles. The van der Waals surface area contributed by atoms with Gasteiger partial charge in [-0.3, -0.25) is 0 Å². The third-order valence-electron chi connectivity index (χ3n) is 0.646. The van der Waals surface area contributed by atoms with Gasteiger partial charge in [-0.05, 0) is 18.2 Å². The lowest BCUT2D eigenvalue weighted by atomic mass is 10.5. The quantitative estimate of drug-likeness (QED) is 0.461. The first-order valence-electron chi connectivity index (χ1n) is 2.91. The molecule has 0 radical (unpaired) electrons. The predicted octanol–water partition coefficient (Wildman–Crippen LogP) is 1.50. The second-order valence-electron chi connectivity index (χ2n) is 1.51. The standard InChI is InChI=1S/C8H8O2/c1-2-3-4-5-6-7-8(9)10/h3,7H,2H2,1H3,(H,9,10). The number of hydrogen-bond donors (Lipinski definition) is 1. The molecule has 0 heterocycles. The maximum atomic E-state index is 9.84. The number of rotatable bonds is 2. The maximum Gasteiger partial charge on any atom is 0.336 e. The van der Waals surface area contributed by atoms with Gasteiger partial charge < -0.3 is 5.11 Å². The van der Waals surface area contributed by atoms with Crippen LogP contribution in [0.2, 0.25) is 0 Å². The van der Waals surface area contributed by atoms with Crippen molar-refractivity contribution in [3.05, 3.63) is 29.3 Å². The van der Waals surface area contributed by atoms with Gasteiger partial charge in [-0.25, -0.2) is 4.79 Å². The summed E-state index contributed by atoms with van der Waals surface area (Å²) in [7, 11) is 0. The number of aliphatic carboxylic acids is 1. The van der Waals surface area contributed by atoms with Crippen LogP contribution in [0.1, 0.15) is 13.3 Å². The van der Waals surface area contributed by atoms with Crippen molar-refractivity contribution in [2.24, 2.45) is 0 Å². The molecule has 0 bridgehead atoms. The Morgan fingerprint density at radius 1 is 1.60 bits per heavy atom. The molecule has 0 aromatic heterocycles. The van der Waals surface area contributed by atoms with E-state index >= 15 is 0 Å². The Balaban J connectivity index is 4.23. The van der Waals surface area contributed by atoms with E-state index in [2.05, 4.69) is 17.2 Å². The molecular formula is C8H8O2. The summed E-state index contributed by atoms with van der Waals surface area (Å²) >= 11 is 0. The summed E-state index contributed by atoms with van der Waals surface area (Å²) in [4.78, 5) is 9.84. The molecule has 0 spiro atoms. The highest BCUT2D eigenvalue weighted by molar-refractivity contribution is 5.79. The third kappa shape index (κ3) is 6.55. The van der Waals surface area contributed by atoms with Gasteiger partial charge in [0.15, 0.2) is 0 Å². The number of allylic oxidation sites excluding steroid dienone is 1. The van der Waals surface area contributed by atoms with Crippen LogP contribution < -0.4 is 0 Å². The van der Waals surface area contributed by atoms with E-state index in [1.807, 2.05) is 6.92 Å². The number of hydrogen-bond acceptors (Lipinski definition) is 1. The van der Waals surface area contributed by atoms with E-state index < -0.39 is 5.97 Å². The van der Waals surface area contributed by atoms with E-state index in [4.69, 9.17) is 5.11 Å². The van der Waals surface area contributed by atoms with Crippen LogP contribution in [0.25, 0.3) is 0 Å². The Hall–Kier alpha value is -1.45. The number of carboxylic acid groups (broad SMARTS) is 1. The van der Waals surface area contributed by atoms with Gasteiger partial charge in [-0.2, -0.15) is 0 Å². The molecular weight excluding hydrogens is 128 g/mol. The van der Waals surface area contributed by atoms with Crippen molar-refractivity contribution >= 4 is 5.97 Å². The molecule has 0 unspecified atom stereocenters. The lowest BCUT2D eigenvalue weighted by Gasteiger charge is -1.65. The topological polar surface area (TPSA) is 37.3 Å². The second-order valence-corrected chi connectivity index (χ2v) is 1.51. The van der Waals surface area contributed by atoms with E-state index in [0.29, 0.717) is 0 Å². The average molecular weight is 136 g/mol. The Bertz CT molecular complexity index is 232. The normalized spacial score (nSPS) is 6.50. The average Bonchev–Trinajstić information content (AvgIpc) is 1.87. The van der Waals surface area contributed by atoms with Gasteiger partial charge >= 0.3 is 5.97 Å². The highest BCUT2D eigenvalue weighted by Crippen LogP contribution is 1.72. The largest absolute Gasteiger partial charge is 0.478 e. The molecule has 0 aliphatic carbocycles. The van der Waals surface area contributed by atoms with Gasteiger partial charge in [-0.15, -0.1) is 0 Å². The van der Waals surface area contributed by atoms with Crippen molar-refractivity contribution in [1.29, 1.82) is 0 Å². The lowest BCUT2D eigenvalue weighted by molar-refractivity contribution is -0.131. The summed E-state index contributed by atoms with van der Waals surface area (Å²) in [5.74, 6) is -1.02. The summed E-state index contributed by atoms with van der Waals surface area (Å²) in [5, 5.41) is 8.07. The van der Waals surface area contributed by atoms with E-state index in [0.717, 1.165) is 12.5 Å². The van der Waals surface area contributed by atoms with Crippen LogP contribution in [-0.2, 0) is 4.79 Å². The van der Waals surface area contributed by atoms with Gasteiger partial charge in [0.25, 0.3) is 0 Å². The fourth-order valence-corrected chi connectivity index (χ4v) is 0.293. The van der Waals surface area contributed by atoms with Gasteiger partial charge in [0.05, 0.1) is 6.08 Å². The van der Waals surface area contributed by atoms with Crippen LogP contribution >= 0.6 is 0 Å².